The summed E-state index contributed by atoms with van der Waals surface area (Å²) in [6, 6.07) is 10.0. The lowest BCUT2D eigenvalue weighted by molar-refractivity contribution is -0.385. The Morgan fingerprint density at radius 3 is 2.60 bits per heavy atom. The normalized spacial score (nSPS) is 14.1. The summed E-state index contributed by atoms with van der Waals surface area (Å²) in [6.45, 7) is 2.85. The molecule has 1 aliphatic carbocycles. The maximum absolute atomic E-state index is 12.7. The van der Waals surface area contributed by atoms with Gasteiger partial charge >= 0.3 is 0 Å². The van der Waals surface area contributed by atoms with E-state index in [1.807, 2.05) is 13.0 Å². The molecule has 0 saturated heterocycles. The third-order valence-corrected chi connectivity index (χ3v) is 6.56. The van der Waals surface area contributed by atoms with Crippen molar-refractivity contribution in [1.82, 2.24) is 5.32 Å². The molecule has 1 N–H and O–H groups in total. The van der Waals surface area contributed by atoms with E-state index in [4.69, 9.17) is 0 Å². The number of benzene rings is 2. The number of nitro groups is 1. The molecule has 160 valence electrons. The molecule has 2 aromatic carbocycles. The molecule has 0 heterocycles. The predicted octanol–water partition coefficient (Wildman–Crippen LogP) is 3.04. The van der Waals surface area contributed by atoms with Gasteiger partial charge in [-0.1, -0.05) is 24.3 Å². The molecule has 2 aromatic rings. The number of rotatable bonds is 7. The lowest BCUT2D eigenvalue weighted by Crippen LogP contribution is -2.41. The van der Waals surface area contributed by atoms with Crippen molar-refractivity contribution in [3.8, 4) is 0 Å². The summed E-state index contributed by atoms with van der Waals surface area (Å²) in [5.74, 6) is -0.487. The number of anilines is 1. The second kappa shape index (κ2) is 8.43. The van der Waals surface area contributed by atoms with Gasteiger partial charge < -0.3 is 5.32 Å². The van der Waals surface area contributed by atoms with Crippen LogP contribution in [0.3, 0.4) is 0 Å². The highest BCUT2D eigenvalue weighted by molar-refractivity contribution is 7.92. The largest absolute Gasteiger partial charge is 0.348 e. The summed E-state index contributed by atoms with van der Waals surface area (Å²) in [4.78, 5) is 23.3. The van der Waals surface area contributed by atoms with E-state index < -0.39 is 27.4 Å². The molecule has 0 aliphatic heterocycles. The van der Waals surface area contributed by atoms with E-state index in [0.29, 0.717) is 0 Å². The third-order valence-electron chi connectivity index (χ3n) is 5.43. The van der Waals surface area contributed by atoms with Gasteiger partial charge in [0.1, 0.15) is 6.54 Å². The SMILES string of the molecule is Cc1c(N(CC(=O)N[C@H](C)c2ccc3c(c2)CCC3)S(C)(=O)=O)cccc1[N+](=O)[O-]. The minimum Gasteiger partial charge on any atom is -0.348 e. The van der Waals surface area contributed by atoms with Gasteiger partial charge in [-0.15, -0.1) is 0 Å². The molecule has 0 unspecified atom stereocenters. The molecular formula is C21H25N3O5S. The van der Waals surface area contributed by atoms with Crippen molar-refractivity contribution in [2.45, 2.75) is 39.2 Å². The van der Waals surface area contributed by atoms with Crippen molar-refractivity contribution < 1.29 is 18.1 Å². The minimum absolute atomic E-state index is 0.118. The van der Waals surface area contributed by atoms with Crippen molar-refractivity contribution in [1.29, 1.82) is 0 Å². The number of hydrogen-bond donors (Lipinski definition) is 1. The smallest absolute Gasteiger partial charge is 0.274 e. The number of nitro benzene ring substituents is 1. The van der Waals surface area contributed by atoms with Gasteiger partial charge in [-0.25, -0.2) is 8.42 Å². The molecule has 1 atom stereocenters. The summed E-state index contributed by atoms with van der Waals surface area (Å²) in [5, 5.41) is 14.0. The molecule has 3 rings (SSSR count). The Morgan fingerprint density at radius 2 is 1.93 bits per heavy atom. The fraction of sp³-hybridized carbons (Fsp3) is 0.381. The number of carbonyl (C=O) groups is 1. The molecule has 0 saturated carbocycles. The first kappa shape index (κ1) is 21.8. The Hall–Kier alpha value is -2.94. The molecule has 0 bridgehead atoms. The number of amides is 1. The number of hydrogen-bond acceptors (Lipinski definition) is 5. The summed E-state index contributed by atoms with van der Waals surface area (Å²) < 4.78 is 25.6. The Morgan fingerprint density at radius 1 is 1.23 bits per heavy atom. The van der Waals surface area contributed by atoms with Gasteiger partial charge in [0.05, 0.1) is 28.5 Å². The highest BCUT2D eigenvalue weighted by Gasteiger charge is 2.26. The number of nitrogens with zero attached hydrogens (tertiary/aromatic N) is 2. The van der Waals surface area contributed by atoms with E-state index in [1.54, 1.807) is 0 Å². The number of nitrogens with one attached hydrogen (secondary N) is 1. The first-order valence-corrected chi connectivity index (χ1v) is 11.6. The van der Waals surface area contributed by atoms with Crippen molar-refractivity contribution in [3.05, 3.63) is 68.8 Å². The van der Waals surface area contributed by atoms with Gasteiger partial charge in [0, 0.05) is 6.07 Å². The molecule has 0 fully saturated rings. The standard InChI is InChI=1S/C21H25N3O5S/c1-14-19(8-5-9-20(14)24(26)27)23(30(3,28)29)13-21(25)22-15(2)17-11-10-16-6-4-7-18(16)12-17/h5,8-12,15H,4,6-7,13H2,1-3H3,(H,22,25)/t15-/m1/s1. The maximum atomic E-state index is 12.7. The minimum atomic E-state index is -3.84. The van der Waals surface area contributed by atoms with Crippen LogP contribution in [-0.2, 0) is 27.7 Å². The first-order valence-electron chi connectivity index (χ1n) is 9.70. The summed E-state index contributed by atoms with van der Waals surface area (Å²) in [6.07, 6.45) is 4.20. The molecule has 30 heavy (non-hydrogen) atoms. The van der Waals surface area contributed by atoms with Gasteiger partial charge in [-0.05, 0) is 55.9 Å². The van der Waals surface area contributed by atoms with Gasteiger partial charge in [-0.3, -0.25) is 19.2 Å². The van der Waals surface area contributed by atoms with Crippen LogP contribution in [0.4, 0.5) is 11.4 Å². The number of fused-ring (bicyclic) bond motifs is 1. The molecule has 0 spiro atoms. The van der Waals surface area contributed by atoms with Crippen LogP contribution in [0.5, 0.6) is 0 Å². The average Bonchev–Trinajstić information content (AvgIpc) is 3.13. The molecule has 0 aromatic heterocycles. The molecule has 1 aliphatic rings. The van der Waals surface area contributed by atoms with Crippen molar-refractivity contribution in [3.63, 3.8) is 0 Å². The molecular weight excluding hydrogens is 406 g/mol. The Balaban J connectivity index is 1.80. The van der Waals surface area contributed by atoms with Crippen LogP contribution in [0.1, 0.15) is 41.6 Å². The number of sulfonamides is 1. The van der Waals surface area contributed by atoms with Crippen LogP contribution in [0.15, 0.2) is 36.4 Å². The van der Waals surface area contributed by atoms with Crippen LogP contribution >= 0.6 is 0 Å². The van der Waals surface area contributed by atoms with E-state index in [-0.39, 0.29) is 23.0 Å². The Kier molecular flexibility index (Phi) is 6.12. The molecule has 0 radical (unpaired) electrons. The Bertz CT molecular complexity index is 1100. The van der Waals surface area contributed by atoms with Crippen molar-refractivity contribution in [2.24, 2.45) is 0 Å². The van der Waals surface area contributed by atoms with E-state index >= 15 is 0 Å². The van der Waals surface area contributed by atoms with Gasteiger partial charge in [0.25, 0.3) is 5.69 Å². The lowest BCUT2D eigenvalue weighted by atomic mass is 10.0. The van der Waals surface area contributed by atoms with Crippen molar-refractivity contribution >= 4 is 27.3 Å². The average molecular weight is 432 g/mol. The van der Waals surface area contributed by atoms with E-state index in [9.17, 15) is 23.3 Å². The van der Waals surface area contributed by atoms with Crippen LogP contribution in [-0.4, -0.2) is 32.0 Å². The molecule has 9 heteroatoms. The highest BCUT2D eigenvalue weighted by atomic mass is 32.2. The van der Waals surface area contributed by atoms with Crippen LogP contribution < -0.4 is 9.62 Å². The van der Waals surface area contributed by atoms with Crippen LogP contribution in [0.2, 0.25) is 0 Å². The first-order chi connectivity index (χ1) is 14.1. The fourth-order valence-electron chi connectivity index (χ4n) is 3.82. The van der Waals surface area contributed by atoms with Crippen molar-refractivity contribution in [2.75, 3.05) is 17.1 Å². The van der Waals surface area contributed by atoms with Gasteiger partial charge in [0.2, 0.25) is 15.9 Å². The molecule has 1 amide bonds. The van der Waals surface area contributed by atoms with E-state index in [2.05, 4.69) is 17.4 Å². The fourth-order valence-corrected chi connectivity index (χ4v) is 4.73. The zero-order valence-corrected chi connectivity index (χ0v) is 18.0. The topological polar surface area (TPSA) is 110 Å². The molecule has 8 nitrogen and oxygen atoms in total. The van der Waals surface area contributed by atoms with Gasteiger partial charge in [0.15, 0.2) is 0 Å². The zero-order chi connectivity index (χ0) is 22.1. The second-order valence-electron chi connectivity index (χ2n) is 7.62. The van der Waals surface area contributed by atoms with E-state index in [1.165, 1.54) is 36.2 Å². The second-order valence-corrected chi connectivity index (χ2v) is 9.53. The summed E-state index contributed by atoms with van der Waals surface area (Å²) in [7, 11) is -3.84. The summed E-state index contributed by atoms with van der Waals surface area (Å²) >= 11 is 0. The van der Waals surface area contributed by atoms with Crippen LogP contribution in [0.25, 0.3) is 0 Å². The summed E-state index contributed by atoms with van der Waals surface area (Å²) in [5.41, 5.74) is 3.69. The maximum Gasteiger partial charge on any atom is 0.274 e. The Labute approximate surface area is 176 Å². The number of carbonyl (C=O) groups excluding carboxylic acids is 1. The number of aryl methyl sites for hydroxylation is 2. The van der Waals surface area contributed by atoms with Crippen LogP contribution in [0, 0.1) is 17.0 Å². The highest BCUT2D eigenvalue weighted by Crippen LogP contribution is 2.30. The monoisotopic (exact) mass is 431 g/mol. The quantitative estimate of drug-likeness (QED) is 0.535. The predicted molar refractivity (Wildman–Crippen MR) is 115 cm³/mol. The lowest BCUT2D eigenvalue weighted by Gasteiger charge is -2.24. The zero-order valence-electron chi connectivity index (χ0n) is 17.2. The third kappa shape index (κ3) is 4.62. The van der Waals surface area contributed by atoms with Gasteiger partial charge in [-0.2, -0.15) is 0 Å². The van der Waals surface area contributed by atoms with E-state index in [0.717, 1.165) is 35.4 Å².